The van der Waals surface area contributed by atoms with Crippen LogP contribution in [0, 0.1) is 0 Å². The van der Waals surface area contributed by atoms with Gasteiger partial charge in [0.05, 0.1) is 22.3 Å². The summed E-state index contributed by atoms with van der Waals surface area (Å²) in [5, 5.41) is 15.2. The maximum atomic E-state index is 11.9. The summed E-state index contributed by atoms with van der Waals surface area (Å²) in [6, 6.07) is 0.973. The third-order valence-electron chi connectivity index (χ3n) is 3.44. The summed E-state index contributed by atoms with van der Waals surface area (Å²) in [6.07, 6.45) is 4.56. The molecule has 0 radical (unpaired) electrons. The molecule has 1 aromatic rings. The van der Waals surface area contributed by atoms with E-state index in [9.17, 15) is 14.7 Å². The van der Waals surface area contributed by atoms with Gasteiger partial charge in [-0.1, -0.05) is 12.8 Å². The molecule has 1 aromatic heterocycles. The number of carbonyl (C=O) groups excluding carboxylic acids is 1. The molecule has 2 unspecified atom stereocenters. The molecular weight excluding hydrogens is 326 g/mol. The Bertz CT molecular complexity index is 532. The van der Waals surface area contributed by atoms with Crippen molar-refractivity contribution in [3.8, 4) is 0 Å². The lowest BCUT2D eigenvalue weighted by molar-refractivity contribution is 0.0955. The van der Waals surface area contributed by atoms with Gasteiger partial charge in [0.25, 0.3) is 5.56 Å². The maximum absolute atomic E-state index is 11.9. The zero-order valence-electron chi connectivity index (χ0n) is 11.2. The second-order valence-electron chi connectivity index (χ2n) is 5.05. The highest BCUT2D eigenvalue weighted by Crippen LogP contribution is 2.18. The van der Waals surface area contributed by atoms with E-state index in [0.29, 0.717) is 10.2 Å². The summed E-state index contributed by atoms with van der Waals surface area (Å²) in [7, 11) is 1.61. The van der Waals surface area contributed by atoms with E-state index >= 15 is 0 Å². The Labute approximate surface area is 125 Å². The minimum absolute atomic E-state index is 0.168. The zero-order chi connectivity index (χ0) is 14.7. The lowest BCUT2D eigenvalue weighted by atomic mass is 9.93. The number of aliphatic hydroxyl groups excluding tert-OH is 1. The molecule has 20 heavy (non-hydrogen) atoms. The molecule has 0 bridgehead atoms. The molecular formula is C13H18BrN3O3. The number of urea groups is 1. The van der Waals surface area contributed by atoms with Gasteiger partial charge >= 0.3 is 6.03 Å². The summed E-state index contributed by atoms with van der Waals surface area (Å²) >= 11 is 3.15. The largest absolute Gasteiger partial charge is 0.391 e. The van der Waals surface area contributed by atoms with Crippen LogP contribution >= 0.6 is 15.9 Å². The summed E-state index contributed by atoms with van der Waals surface area (Å²) < 4.78 is 1.77. The van der Waals surface area contributed by atoms with Gasteiger partial charge in [0.15, 0.2) is 0 Å². The highest BCUT2D eigenvalue weighted by Gasteiger charge is 2.24. The number of hydrogen-bond donors (Lipinski definition) is 3. The molecule has 1 fully saturated rings. The minimum atomic E-state index is -0.485. The Balaban J connectivity index is 1.99. The van der Waals surface area contributed by atoms with Gasteiger partial charge in [-0.3, -0.25) is 4.79 Å². The van der Waals surface area contributed by atoms with Crippen LogP contribution in [-0.4, -0.2) is 27.9 Å². The van der Waals surface area contributed by atoms with Crippen molar-refractivity contribution in [1.29, 1.82) is 0 Å². The van der Waals surface area contributed by atoms with Crippen LogP contribution in [0.4, 0.5) is 10.5 Å². The number of nitrogens with zero attached hydrogens (tertiary/aromatic N) is 1. The van der Waals surface area contributed by atoms with Crippen molar-refractivity contribution >= 4 is 27.6 Å². The van der Waals surface area contributed by atoms with Crippen LogP contribution in [0.5, 0.6) is 0 Å². The SMILES string of the molecule is Cn1cc(NC(=O)NC2CCCCC2O)cc(Br)c1=O. The van der Waals surface area contributed by atoms with Crippen molar-refractivity contribution in [2.24, 2.45) is 7.05 Å². The Morgan fingerprint density at radius 1 is 1.45 bits per heavy atom. The predicted molar refractivity (Wildman–Crippen MR) is 79.8 cm³/mol. The second-order valence-corrected chi connectivity index (χ2v) is 5.90. The van der Waals surface area contributed by atoms with E-state index in [1.54, 1.807) is 19.3 Å². The van der Waals surface area contributed by atoms with Crippen LogP contribution in [0.25, 0.3) is 0 Å². The van der Waals surface area contributed by atoms with E-state index in [1.165, 1.54) is 4.57 Å². The molecule has 0 aliphatic heterocycles. The van der Waals surface area contributed by atoms with Crippen molar-refractivity contribution in [3.05, 3.63) is 27.1 Å². The number of anilines is 1. The molecule has 2 atom stereocenters. The van der Waals surface area contributed by atoms with Gasteiger partial charge in [-0.25, -0.2) is 4.79 Å². The zero-order valence-corrected chi connectivity index (χ0v) is 12.8. The predicted octanol–water partition coefficient (Wildman–Crippen LogP) is 1.57. The number of amides is 2. The highest BCUT2D eigenvalue weighted by molar-refractivity contribution is 9.10. The molecule has 0 aromatic carbocycles. The van der Waals surface area contributed by atoms with Crippen LogP contribution in [-0.2, 0) is 7.05 Å². The van der Waals surface area contributed by atoms with Crippen LogP contribution in [0.15, 0.2) is 21.5 Å². The quantitative estimate of drug-likeness (QED) is 0.762. The molecule has 1 heterocycles. The third kappa shape index (κ3) is 3.61. The Hall–Kier alpha value is -1.34. The van der Waals surface area contributed by atoms with Gasteiger partial charge in [-0.15, -0.1) is 0 Å². The lowest BCUT2D eigenvalue weighted by Crippen LogP contribution is -2.46. The Morgan fingerprint density at radius 2 is 2.15 bits per heavy atom. The van der Waals surface area contributed by atoms with Crippen molar-refractivity contribution in [2.45, 2.75) is 37.8 Å². The normalized spacial score (nSPS) is 22.4. The minimum Gasteiger partial charge on any atom is -0.391 e. The molecule has 2 amide bonds. The molecule has 3 N–H and O–H groups in total. The number of rotatable bonds is 2. The van der Waals surface area contributed by atoms with Gasteiger partial charge in [0, 0.05) is 13.2 Å². The molecule has 110 valence electrons. The number of aliphatic hydroxyl groups is 1. The van der Waals surface area contributed by atoms with E-state index in [0.717, 1.165) is 25.7 Å². The van der Waals surface area contributed by atoms with E-state index in [1.807, 2.05) is 0 Å². The van der Waals surface area contributed by atoms with Crippen molar-refractivity contribution < 1.29 is 9.90 Å². The van der Waals surface area contributed by atoms with Crippen LogP contribution in [0.3, 0.4) is 0 Å². The smallest absolute Gasteiger partial charge is 0.319 e. The molecule has 0 spiro atoms. The fraction of sp³-hybridized carbons (Fsp3) is 0.538. The number of pyridine rings is 1. The van der Waals surface area contributed by atoms with Crippen LogP contribution in [0.1, 0.15) is 25.7 Å². The topological polar surface area (TPSA) is 83.4 Å². The Morgan fingerprint density at radius 3 is 2.80 bits per heavy atom. The van der Waals surface area contributed by atoms with E-state index in [-0.39, 0.29) is 17.6 Å². The summed E-state index contributed by atoms with van der Waals surface area (Å²) in [5.74, 6) is 0. The number of hydrogen-bond acceptors (Lipinski definition) is 3. The fourth-order valence-corrected chi connectivity index (χ4v) is 2.88. The van der Waals surface area contributed by atoms with E-state index < -0.39 is 6.10 Å². The van der Waals surface area contributed by atoms with Gasteiger partial charge in [0.2, 0.25) is 0 Å². The number of aryl methyl sites for hydroxylation is 1. The maximum Gasteiger partial charge on any atom is 0.319 e. The molecule has 1 saturated carbocycles. The van der Waals surface area contributed by atoms with E-state index in [2.05, 4.69) is 26.6 Å². The van der Waals surface area contributed by atoms with Gasteiger partial charge < -0.3 is 20.3 Å². The number of nitrogens with one attached hydrogen (secondary N) is 2. The third-order valence-corrected chi connectivity index (χ3v) is 4.01. The molecule has 7 heteroatoms. The van der Waals surface area contributed by atoms with Crippen LogP contribution < -0.4 is 16.2 Å². The van der Waals surface area contributed by atoms with Crippen molar-refractivity contribution in [2.75, 3.05) is 5.32 Å². The van der Waals surface area contributed by atoms with Crippen LogP contribution in [0.2, 0.25) is 0 Å². The number of aromatic nitrogens is 1. The van der Waals surface area contributed by atoms with Gasteiger partial charge in [-0.2, -0.15) is 0 Å². The number of carbonyl (C=O) groups is 1. The summed E-state index contributed by atoms with van der Waals surface area (Å²) in [4.78, 5) is 23.4. The standard InChI is InChI=1S/C13H18BrN3O3/c1-17-7-8(6-9(14)12(17)19)15-13(20)16-10-4-2-3-5-11(10)18/h6-7,10-11,18H,2-5H2,1H3,(H2,15,16,20). The van der Waals surface area contributed by atoms with Crippen molar-refractivity contribution in [1.82, 2.24) is 9.88 Å². The van der Waals surface area contributed by atoms with E-state index in [4.69, 9.17) is 0 Å². The monoisotopic (exact) mass is 343 g/mol. The van der Waals surface area contributed by atoms with Gasteiger partial charge in [0.1, 0.15) is 0 Å². The number of halogens is 1. The summed E-state index contributed by atoms with van der Waals surface area (Å²) in [6.45, 7) is 0. The first-order chi connectivity index (χ1) is 9.47. The Kier molecular flexibility index (Phi) is 4.82. The second kappa shape index (κ2) is 6.41. The molecule has 0 saturated heterocycles. The highest BCUT2D eigenvalue weighted by atomic mass is 79.9. The average molecular weight is 344 g/mol. The fourth-order valence-electron chi connectivity index (χ4n) is 2.35. The molecule has 1 aliphatic carbocycles. The van der Waals surface area contributed by atoms with Gasteiger partial charge in [-0.05, 0) is 34.8 Å². The first-order valence-corrected chi connectivity index (χ1v) is 7.38. The molecule has 6 nitrogen and oxygen atoms in total. The molecule has 2 rings (SSSR count). The van der Waals surface area contributed by atoms with Crippen molar-refractivity contribution in [3.63, 3.8) is 0 Å². The first-order valence-electron chi connectivity index (χ1n) is 6.59. The lowest BCUT2D eigenvalue weighted by Gasteiger charge is -2.28. The molecule has 1 aliphatic rings. The average Bonchev–Trinajstić information content (AvgIpc) is 2.38. The summed E-state index contributed by atoms with van der Waals surface area (Å²) in [5.41, 5.74) is 0.348. The first kappa shape index (κ1) is 15.1.